The molecule has 0 aromatic rings. The number of rotatable bonds is 0. The van der Waals surface area contributed by atoms with E-state index in [1.165, 1.54) is 0 Å². The molecule has 0 aliphatic rings. The third-order valence-electron chi connectivity index (χ3n) is 0. The predicted molar refractivity (Wildman–Crippen MR) is 24.2 cm³/mol. The van der Waals surface area contributed by atoms with E-state index in [0.29, 0.717) is 0 Å². The summed E-state index contributed by atoms with van der Waals surface area (Å²) >= 11 is 0. The average Bonchev–Trinajstić information content (AvgIpc) is 1.36. The zero-order valence-corrected chi connectivity index (χ0v) is 5.38. The summed E-state index contributed by atoms with van der Waals surface area (Å²) in [5, 5.41) is 0. The van der Waals surface area contributed by atoms with Crippen molar-refractivity contribution < 1.29 is 38.1 Å². The molecule has 6 heteroatoms. The topological polar surface area (TPSA) is 77.8 Å². The molecule has 0 amide bonds. The van der Waals surface area contributed by atoms with Gasteiger partial charge in [0, 0.05) is 0 Å². The first-order chi connectivity index (χ1) is 3.00. The molecule has 0 aromatic carbocycles. The molecule has 0 fully saturated rings. The van der Waals surface area contributed by atoms with Crippen molar-refractivity contribution in [3.63, 3.8) is 0 Å². The van der Waals surface area contributed by atoms with Crippen molar-refractivity contribution in [2.75, 3.05) is 0 Å². The van der Waals surface area contributed by atoms with E-state index >= 15 is 0 Å². The summed E-state index contributed by atoms with van der Waals surface area (Å²) < 4.78 is 8.88. The summed E-state index contributed by atoms with van der Waals surface area (Å²) in [7, 11) is -4.64. The van der Waals surface area contributed by atoms with Crippen molar-refractivity contribution >= 4 is 7.82 Å². The van der Waals surface area contributed by atoms with Crippen LogP contribution in [0.2, 0.25) is 0 Å². The van der Waals surface area contributed by atoms with Crippen LogP contribution in [0.25, 0.3) is 0 Å². The Balaban J connectivity index is -0.0000000750. The Morgan fingerprint density at radius 2 is 1.25 bits per heavy atom. The van der Waals surface area contributed by atoms with Crippen molar-refractivity contribution in [3.05, 3.63) is 13.2 Å². The van der Waals surface area contributed by atoms with E-state index in [-0.39, 0.29) is 18.9 Å². The van der Waals surface area contributed by atoms with Gasteiger partial charge in [-0.15, -0.1) is 0 Å². The van der Waals surface area contributed by atoms with Crippen molar-refractivity contribution in [1.29, 1.82) is 0 Å². The molecule has 0 spiro atoms. The molecule has 0 aliphatic heterocycles. The molecule has 0 saturated heterocycles. The zero-order valence-electron chi connectivity index (χ0n) is 4.48. The minimum absolute atomic E-state index is 0. The Kier molecular flexibility index (Phi) is 14.7. The maximum absolute atomic E-state index is 8.88. The Morgan fingerprint density at radius 1 is 1.25 bits per heavy atom. The molecule has 8 heavy (non-hydrogen) atoms. The summed E-state index contributed by atoms with van der Waals surface area (Å²) in [6, 6.07) is 0. The maximum atomic E-state index is 8.88. The molecule has 0 rings (SSSR count). The molecule has 44 valence electrons. The molecular weight excluding hydrogens is 126 g/mol. The molecule has 0 atom stereocenters. The monoisotopic (exact) mass is 132 g/mol. The first-order valence-electron chi connectivity index (χ1n) is 1.19. The van der Waals surface area contributed by atoms with Gasteiger partial charge in [-0.1, -0.05) is 0 Å². The normalized spacial score (nSPS) is 7.88. The molecule has 0 aliphatic carbocycles. The van der Waals surface area contributed by atoms with E-state index in [0.717, 1.165) is 0 Å². The van der Waals surface area contributed by atoms with Crippen LogP contribution in [-0.2, 0) is 4.57 Å². The number of hydrogen-bond donors (Lipinski definition) is 3. The summed E-state index contributed by atoms with van der Waals surface area (Å²) in [4.78, 5) is 21.6. The van der Waals surface area contributed by atoms with Crippen LogP contribution in [0.15, 0.2) is 6.58 Å². The molecule has 4 nitrogen and oxygen atoms in total. The van der Waals surface area contributed by atoms with Crippen molar-refractivity contribution in [2.24, 2.45) is 0 Å². The van der Waals surface area contributed by atoms with Gasteiger partial charge >= 0.3 is 26.7 Å². The average molecular weight is 132 g/mol. The maximum Gasteiger partial charge on any atom is 1.00 e. The fourth-order valence-electron chi connectivity index (χ4n) is 0. The Bertz CT molecular complexity index is 69.8. The second-order valence-corrected chi connectivity index (χ2v) is 1.54. The van der Waals surface area contributed by atoms with E-state index in [2.05, 4.69) is 13.2 Å². The minimum Gasteiger partial charge on any atom is -0.521 e. The summed E-state index contributed by atoms with van der Waals surface area (Å²) in [6.07, 6.45) is 0. The molecule has 0 radical (unpaired) electrons. The molecular formula is C2H6LiO4P. The standard InChI is InChI=1S/C2H3.Li.H3O4P/c1-2;;1-5(2,3)4/h1H,2H2;;(H3,1,2,3,4)/q-1;+1;. The van der Waals surface area contributed by atoms with Gasteiger partial charge in [-0.3, -0.25) is 6.58 Å². The van der Waals surface area contributed by atoms with Crippen molar-refractivity contribution in [2.45, 2.75) is 0 Å². The van der Waals surface area contributed by atoms with E-state index < -0.39 is 7.82 Å². The van der Waals surface area contributed by atoms with Gasteiger partial charge in [-0.25, -0.2) is 4.57 Å². The zero-order chi connectivity index (χ0) is 6.50. The fourth-order valence-corrected chi connectivity index (χ4v) is 0. The predicted octanol–water partition coefficient (Wildman–Crippen LogP) is -3.32. The van der Waals surface area contributed by atoms with Gasteiger partial charge in [0.05, 0.1) is 0 Å². The molecule has 0 heterocycles. The third-order valence-corrected chi connectivity index (χ3v) is 0. The SMILES string of the molecule is O=P(O)(O)O.[CH-]=C.[Li+]. The molecule has 3 N–H and O–H groups in total. The van der Waals surface area contributed by atoms with Gasteiger partial charge < -0.3 is 21.3 Å². The number of phosphoric acid groups is 1. The second kappa shape index (κ2) is 7.45. The fraction of sp³-hybridized carbons (Fsp3) is 0. The Morgan fingerprint density at radius 3 is 1.25 bits per heavy atom. The smallest absolute Gasteiger partial charge is 0.521 e. The minimum atomic E-state index is -4.64. The second-order valence-electron chi connectivity index (χ2n) is 0.513. The van der Waals surface area contributed by atoms with Crippen LogP contribution in [0.4, 0.5) is 0 Å². The van der Waals surface area contributed by atoms with Crippen molar-refractivity contribution in [1.82, 2.24) is 0 Å². The van der Waals surface area contributed by atoms with Gasteiger partial charge in [0.15, 0.2) is 0 Å². The van der Waals surface area contributed by atoms with E-state index in [4.69, 9.17) is 19.2 Å². The van der Waals surface area contributed by atoms with Gasteiger partial charge in [-0.05, 0) is 0 Å². The first kappa shape index (κ1) is 15.8. The summed E-state index contributed by atoms with van der Waals surface area (Å²) in [5.41, 5.74) is 0. The van der Waals surface area contributed by atoms with Crippen LogP contribution in [0.5, 0.6) is 0 Å². The Hall–Kier alpha value is 0.447. The molecule has 0 unspecified atom stereocenters. The van der Waals surface area contributed by atoms with Crippen LogP contribution in [-0.4, -0.2) is 14.7 Å². The van der Waals surface area contributed by atoms with Crippen LogP contribution >= 0.6 is 7.82 Å². The van der Waals surface area contributed by atoms with Crippen molar-refractivity contribution in [3.8, 4) is 0 Å². The van der Waals surface area contributed by atoms with Gasteiger partial charge in [0.1, 0.15) is 0 Å². The van der Waals surface area contributed by atoms with Crippen LogP contribution < -0.4 is 18.9 Å². The van der Waals surface area contributed by atoms with Gasteiger partial charge in [-0.2, -0.15) is 0 Å². The van der Waals surface area contributed by atoms with E-state index in [9.17, 15) is 0 Å². The van der Waals surface area contributed by atoms with Crippen LogP contribution in [0.3, 0.4) is 0 Å². The van der Waals surface area contributed by atoms with E-state index in [1.54, 1.807) is 0 Å². The molecule has 0 aromatic heterocycles. The van der Waals surface area contributed by atoms with E-state index in [1.807, 2.05) is 0 Å². The van der Waals surface area contributed by atoms with Gasteiger partial charge in [0.25, 0.3) is 0 Å². The molecule has 0 saturated carbocycles. The third kappa shape index (κ3) is 956. The van der Waals surface area contributed by atoms with Crippen LogP contribution in [0.1, 0.15) is 0 Å². The van der Waals surface area contributed by atoms with Gasteiger partial charge in [0.2, 0.25) is 0 Å². The largest absolute Gasteiger partial charge is 1.00 e. The quantitative estimate of drug-likeness (QED) is 0.183. The van der Waals surface area contributed by atoms with Crippen LogP contribution in [0, 0.1) is 6.58 Å². The molecule has 0 bridgehead atoms. The number of hydrogen-bond acceptors (Lipinski definition) is 1. The first-order valence-corrected chi connectivity index (χ1v) is 2.76. The summed E-state index contributed by atoms with van der Waals surface area (Å²) in [6.45, 7) is 7.00. The summed E-state index contributed by atoms with van der Waals surface area (Å²) in [5.74, 6) is 0. The Labute approximate surface area is 59.7 Å².